The van der Waals surface area contributed by atoms with Crippen molar-refractivity contribution < 1.29 is 18.4 Å². The molecule has 0 aliphatic carbocycles. The first-order chi connectivity index (χ1) is 12.6. The Kier molecular flexibility index (Phi) is 4.05. The summed E-state index contributed by atoms with van der Waals surface area (Å²) in [5, 5.41) is 1.21. The average molecular weight is 372 g/mol. The number of halogens is 1. The molecule has 2 aromatic heterocycles. The molecule has 0 amide bonds. The number of carbonyl (C=O) groups is 1. The molecular formula is C19H14ClNO5. The molecule has 0 unspecified atom stereocenters. The van der Waals surface area contributed by atoms with Gasteiger partial charge in [-0.1, -0.05) is 29.8 Å². The number of fused-ring (bicyclic) bond motifs is 2. The molecule has 7 heteroatoms. The number of nitrogens with zero attached hydrogens (tertiary/aromatic N) is 1. The number of ether oxygens (including phenoxy) is 1. The third kappa shape index (κ3) is 2.68. The number of esters is 1. The second-order valence-electron chi connectivity index (χ2n) is 5.69. The number of aromatic nitrogens is 1. The van der Waals surface area contributed by atoms with E-state index in [9.17, 15) is 9.59 Å². The quantitative estimate of drug-likeness (QED) is 0.502. The van der Waals surface area contributed by atoms with Crippen LogP contribution in [0.5, 0.6) is 0 Å². The fraction of sp³-hybridized carbons (Fsp3) is 0.158. The van der Waals surface area contributed by atoms with Crippen LogP contribution in [0.2, 0.25) is 5.02 Å². The molecule has 4 rings (SSSR count). The lowest BCUT2D eigenvalue weighted by Crippen LogP contribution is -2.16. The largest absolute Gasteiger partial charge is 0.460 e. The molecular weight excluding hydrogens is 358 g/mol. The van der Waals surface area contributed by atoms with Gasteiger partial charge in [0.1, 0.15) is 5.58 Å². The van der Waals surface area contributed by atoms with Crippen molar-refractivity contribution in [3.8, 4) is 0 Å². The second-order valence-corrected chi connectivity index (χ2v) is 6.13. The number of furan rings is 1. The summed E-state index contributed by atoms with van der Waals surface area (Å²) in [4.78, 5) is 24.6. The Morgan fingerprint density at radius 2 is 1.96 bits per heavy atom. The van der Waals surface area contributed by atoms with Crippen LogP contribution in [0.4, 0.5) is 0 Å². The van der Waals surface area contributed by atoms with Crippen LogP contribution in [-0.4, -0.2) is 17.1 Å². The molecule has 26 heavy (non-hydrogen) atoms. The minimum Gasteiger partial charge on any atom is -0.460 e. The zero-order valence-electron chi connectivity index (χ0n) is 13.8. The van der Waals surface area contributed by atoms with Gasteiger partial charge in [0, 0.05) is 22.0 Å². The van der Waals surface area contributed by atoms with Gasteiger partial charge in [-0.25, -0.2) is 9.59 Å². The highest BCUT2D eigenvalue weighted by Crippen LogP contribution is 2.28. The van der Waals surface area contributed by atoms with Crippen LogP contribution in [0.3, 0.4) is 0 Å². The summed E-state index contributed by atoms with van der Waals surface area (Å²) in [6, 6.07) is 12.2. The van der Waals surface area contributed by atoms with Crippen molar-refractivity contribution in [1.29, 1.82) is 0 Å². The summed E-state index contributed by atoms with van der Waals surface area (Å²) in [6.07, 6.45) is 0. The molecule has 0 saturated carbocycles. The van der Waals surface area contributed by atoms with E-state index in [1.54, 1.807) is 31.2 Å². The van der Waals surface area contributed by atoms with Crippen LogP contribution >= 0.6 is 11.6 Å². The summed E-state index contributed by atoms with van der Waals surface area (Å²) < 4.78 is 17.5. The zero-order valence-corrected chi connectivity index (χ0v) is 14.6. The van der Waals surface area contributed by atoms with Gasteiger partial charge in [0.15, 0.2) is 5.58 Å². The number of oxazole rings is 1. The van der Waals surface area contributed by atoms with E-state index < -0.39 is 11.7 Å². The minimum atomic E-state index is -0.567. The van der Waals surface area contributed by atoms with Gasteiger partial charge in [0.05, 0.1) is 18.7 Å². The van der Waals surface area contributed by atoms with Crippen molar-refractivity contribution in [2.45, 2.75) is 13.5 Å². The molecule has 0 aliphatic rings. The molecule has 0 spiro atoms. The van der Waals surface area contributed by atoms with E-state index in [1.807, 2.05) is 18.2 Å². The lowest BCUT2D eigenvalue weighted by molar-refractivity contribution is 0.0490. The lowest BCUT2D eigenvalue weighted by atomic mass is 10.1. The lowest BCUT2D eigenvalue weighted by Gasteiger charge is -2.04. The number of para-hydroxylation sites is 1. The third-order valence-electron chi connectivity index (χ3n) is 4.11. The maximum Gasteiger partial charge on any atom is 0.420 e. The number of carbonyl (C=O) groups excluding carboxylic acids is 1. The Balaban J connectivity index is 1.90. The molecule has 2 heterocycles. The number of hydrogen-bond donors (Lipinski definition) is 0. The van der Waals surface area contributed by atoms with Gasteiger partial charge in [0.2, 0.25) is 5.76 Å². The predicted octanol–water partition coefficient (Wildman–Crippen LogP) is 4.22. The fourth-order valence-electron chi connectivity index (χ4n) is 2.97. The Bertz CT molecular complexity index is 1180. The third-order valence-corrected chi connectivity index (χ3v) is 4.34. The molecule has 4 aromatic rings. The van der Waals surface area contributed by atoms with Crippen LogP contribution in [0, 0.1) is 0 Å². The summed E-state index contributed by atoms with van der Waals surface area (Å²) >= 11 is 5.96. The highest BCUT2D eigenvalue weighted by Gasteiger charge is 2.23. The summed E-state index contributed by atoms with van der Waals surface area (Å²) in [5.41, 5.74) is 2.08. The number of hydrogen-bond acceptors (Lipinski definition) is 5. The highest BCUT2D eigenvalue weighted by molar-refractivity contribution is 6.31. The van der Waals surface area contributed by atoms with Gasteiger partial charge in [-0.05, 0) is 25.1 Å². The Hall–Kier alpha value is -2.99. The first-order valence-corrected chi connectivity index (χ1v) is 8.42. The summed E-state index contributed by atoms with van der Waals surface area (Å²) in [7, 11) is 0. The van der Waals surface area contributed by atoms with E-state index in [1.165, 1.54) is 4.57 Å². The molecule has 132 valence electrons. The van der Waals surface area contributed by atoms with Crippen LogP contribution in [0.15, 0.2) is 56.1 Å². The molecule has 0 bridgehead atoms. The Morgan fingerprint density at radius 1 is 1.15 bits per heavy atom. The minimum absolute atomic E-state index is 0.0864. The molecule has 0 aliphatic heterocycles. The highest BCUT2D eigenvalue weighted by atomic mass is 35.5. The van der Waals surface area contributed by atoms with E-state index in [0.29, 0.717) is 27.3 Å². The maximum absolute atomic E-state index is 12.3. The topological polar surface area (TPSA) is 74.6 Å². The first kappa shape index (κ1) is 16.5. The number of benzene rings is 2. The van der Waals surface area contributed by atoms with Crippen LogP contribution in [0.1, 0.15) is 23.0 Å². The van der Waals surface area contributed by atoms with Crippen molar-refractivity contribution in [2.75, 3.05) is 6.61 Å². The second kappa shape index (κ2) is 6.38. The molecule has 2 aromatic carbocycles. The van der Waals surface area contributed by atoms with Crippen molar-refractivity contribution in [2.24, 2.45) is 0 Å². The van der Waals surface area contributed by atoms with E-state index in [4.69, 9.17) is 25.2 Å². The van der Waals surface area contributed by atoms with Gasteiger partial charge in [-0.3, -0.25) is 4.57 Å². The van der Waals surface area contributed by atoms with Crippen molar-refractivity contribution in [3.05, 3.63) is 69.4 Å². The van der Waals surface area contributed by atoms with Crippen LogP contribution in [-0.2, 0) is 11.3 Å². The van der Waals surface area contributed by atoms with Gasteiger partial charge in [-0.2, -0.15) is 0 Å². The molecule has 0 N–H and O–H groups in total. The van der Waals surface area contributed by atoms with Crippen molar-refractivity contribution in [1.82, 2.24) is 4.57 Å². The zero-order chi connectivity index (χ0) is 18.3. The molecule has 0 radical (unpaired) electrons. The van der Waals surface area contributed by atoms with E-state index >= 15 is 0 Å². The monoisotopic (exact) mass is 371 g/mol. The normalized spacial score (nSPS) is 11.3. The average Bonchev–Trinajstić information content (AvgIpc) is 3.13. The smallest absolute Gasteiger partial charge is 0.420 e. The van der Waals surface area contributed by atoms with Crippen molar-refractivity contribution in [3.63, 3.8) is 0 Å². The van der Waals surface area contributed by atoms with E-state index in [2.05, 4.69) is 0 Å². The van der Waals surface area contributed by atoms with Gasteiger partial charge in [-0.15, -0.1) is 0 Å². The molecule has 6 nitrogen and oxygen atoms in total. The SMILES string of the molecule is CCOC(=O)c1oc2ccccc2c1Cn1c(=O)oc2cc(Cl)ccc21. The standard InChI is InChI=1S/C19H14ClNO5/c1-2-24-18(22)17-13(12-5-3-4-6-15(12)25-17)10-21-14-8-7-11(20)9-16(14)26-19(21)23/h3-9H,2,10H2,1H3. The Morgan fingerprint density at radius 3 is 2.77 bits per heavy atom. The van der Waals surface area contributed by atoms with Crippen molar-refractivity contribution >= 4 is 39.6 Å². The molecule has 0 fully saturated rings. The molecule has 0 saturated heterocycles. The van der Waals surface area contributed by atoms with Crippen LogP contribution < -0.4 is 5.76 Å². The summed E-state index contributed by atoms with van der Waals surface area (Å²) in [5.74, 6) is -1.02. The van der Waals surface area contributed by atoms with Gasteiger partial charge >= 0.3 is 11.7 Å². The van der Waals surface area contributed by atoms with Crippen LogP contribution in [0.25, 0.3) is 22.1 Å². The maximum atomic E-state index is 12.3. The first-order valence-electron chi connectivity index (χ1n) is 8.05. The summed E-state index contributed by atoms with van der Waals surface area (Å²) in [6.45, 7) is 2.05. The van der Waals surface area contributed by atoms with E-state index in [-0.39, 0.29) is 18.9 Å². The van der Waals surface area contributed by atoms with Gasteiger partial charge < -0.3 is 13.6 Å². The van der Waals surface area contributed by atoms with Gasteiger partial charge in [0.25, 0.3) is 0 Å². The predicted molar refractivity (Wildman–Crippen MR) is 96.8 cm³/mol. The fourth-order valence-corrected chi connectivity index (χ4v) is 3.13. The number of rotatable bonds is 4. The van der Waals surface area contributed by atoms with E-state index in [0.717, 1.165) is 5.39 Å². The Labute approximate surface area is 152 Å². The molecule has 0 atom stereocenters.